The van der Waals surface area contributed by atoms with Crippen LogP contribution in [0.25, 0.3) is 0 Å². The smallest absolute Gasteiger partial charge is 0.224 e. The third-order valence-corrected chi connectivity index (χ3v) is 2.74. The minimum atomic E-state index is 0.102. The lowest BCUT2D eigenvalue weighted by molar-refractivity contribution is -0.115. The minimum Gasteiger partial charge on any atom is -0.326 e. The van der Waals surface area contributed by atoms with Crippen LogP contribution in [0.3, 0.4) is 0 Å². The monoisotopic (exact) mass is 189 g/mol. The second-order valence-corrected chi connectivity index (χ2v) is 3.70. The van der Waals surface area contributed by atoms with Gasteiger partial charge in [0.1, 0.15) is 0 Å². The van der Waals surface area contributed by atoms with Crippen molar-refractivity contribution in [2.45, 2.75) is 32.6 Å². The van der Waals surface area contributed by atoms with Crippen molar-refractivity contribution in [2.24, 2.45) is 0 Å². The number of fused-ring (bicyclic) bond motifs is 1. The van der Waals surface area contributed by atoms with E-state index in [1.54, 1.807) is 0 Å². The number of anilines is 1. The van der Waals surface area contributed by atoms with Gasteiger partial charge in [-0.25, -0.2) is 0 Å². The summed E-state index contributed by atoms with van der Waals surface area (Å²) in [6.07, 6.45) is 4.03. The molecule has 74 valence electrons. The van der Waals surface area contributed by atoms with Crippen LogP contribution in [0.1, 0.15) is 30.9 Å². The molecule has 1 aromatic carbocycles. The standard InChI is InChI=1S/C12H15NO/c1-2-12(14)13-11-8-4-6-9-5-3-7-10(9)11/h4,6,8H,2-3,5,7H2,1H3,(H,13,14). The largest absolute Gasteiger partial charge is 0.326 e. The maximum absolute atomic E-state index is 11.3. The predicted octanol–water partition coefficient (Wildman–Crippen LogP) is 2.52. The molecule has 0 bridgehead atoms. The molecule has 2 heteroatoms. The van der Waals surface area contributed by atoms with Gasteiger partial charge in [0.2, 0.25) is 5.91 Å². The Labute approximate surface area is 84.3 Å². The van der Waals surface area contributed by atoms with Crippen molar-refractivity contribution in [1.82, 2.24) is 0 Å². The summed E-state index contributed by atoms with van der Waals surface area (Å²) in [5.41, 5.74) is 3.76. The molecule has 1 amide bonds. The van der Waals surface area contributed by atoms with Crippen LogP contribution >= 0.6 is 0 Å². The average Bonchev–Trinajstić information content (AvgIpc) is 2.66. The van der Waals surface area contributed by atoms with E-state index < -0.39 is 0 Å². The maximum Gasteiger partial charge on any atom is 0.224 e. The van der Waals surface area contributed by atoms with Gasteiger partial charge in [-0.3, -0.25) is 4.79 Å². The zero-order valence-electron chi connectivity index (χ0n) is 8.47. The molecule has 1 aromatic rings. The van der Waals surface area contributed by atoms with Crippen molar-refractivity contribution in [3.8, 4) is 0 Å². The number of aryl methyl sites for hydroxylation is 1. The van der Waals surface area contributed by atoms with Crippen molar-refractivity contribution in [3.63, 3.8) is 0 Å². The summed E-state index contributed by atoms with van der Waals surface area (Å²) >= 11 is 0. The fraction of sp³-hybridized carbons (Fsp3) is 0.417. The Balaban J connectivity index is 2.26. The zero-order valence-corrected chi connectivity index (χ0v) is 8.47. The van der Waals surface area contributed by atoms with E-state index in [9.17, 15) is 4.79 Å². The molecule has 1 aliphatic carbocycles. The number of hydrogen-bond acceptors (Lipinski definition) is 1. The number of hydrogen-bond donors (Lipinski definition) is 1. The highest BCUT2D eigenvalue weighted by Gasteiger charge is 2.14. The molecular formula is C12H15NO. The first-order valence-electron chi connectivity index (χ1n) is 5.22. The molecule has 0 saturated heterocycles. The van der Waals surface area contributed by atoms with Crippen molar-refractivity contribution < 1.29 is 4.79 Å². The van der Waals surface area contributed by atoms with Crippen LogP contribution in [0.4, 0.5) is 5.69 Å². The SMILES string of the molecule is CCC(=O)Nc1cccc2c1CCC2. The normalized spacial score (nSPS) is 13.8. The molecule has 0 aromatic heterocycles. The van der Waals surface area contributed by atoms with E-state index in [1.165, 1.54) is 17.5 Å². The number of rotatable bonds is 2. The van der Waals surface area contributed by atoms with Crippen molar-refractivity contribution >= 4 is 11.6 Å². The fourth-order valence-corrected chi connectivity index (χ4v) is 1.98. The van der Waals surface area contributed by atoms with E-state index in [-0.39, 0.29) is 5.91 Å². The van der Waals surface area contributed by atoms with Gasteiger partial charge in [-0.15, -0.1) is 0 Å². The van der Waals surface area contributed by atoms with Crippen LogP contribution in [-0.4, -0.2) is 5.91 Å². The van der Waals surface area contributed by atoms with Crippen LogP contribution in [0.15, 0.2) is 18.2 Å². The van der Waals surface area contributed by atoms with Crippen LogP contribution in [0.2, 0.25) is 0 Å². The predicted molar refractivity (Wildman–Crippen MR) is 57.4 cm³/mol. The van der Waals surface area contributed by atoms with Gasteiger partial charge in [-0.1, -0.05) is 19.1 Å². The van der Waals surface area contributed by atoms with Crippen LogP contribution in [0.5, 0.6) is 0 Å². The van der Waals surface area contributed by atoms with Gasteiger partial charge in [0.05, 0.1) is 0 Å². The Bertz CT molecular complexity index is 357. The number of benzene rings is 1. The molecule has 2 rings (SSSR count). The highest BCUT2D eigenvalue weighted by atomic mass is 16.1. The van der Waals surface area contributed by atoms with Crippen LogP contribution in [-0.2, 0) is 17.6 Å². The third kappa shape index (κ3) is 1.65. The lowest BCUT2D eigenvalue weighted by atomic mass is 10.1. The Morgan fingerprint density at radius 3 is 3.07 bits per heavy atom. The number of carbonyl (C=O) groups is 1. The van der Waals surface area contributed by atoms with Crippen LogP contribution < -0.4 is 5.32 Å². The van der Waals surface area contributed by atoms with E-state index in [0.717, 1.165) is 18.5 Å². The summed E-state index contributed by atoms with van der Waals surface area (Å²) in [5, 5.41) is 2.95. The zero-order chi connectivity index (χ0) is 9.97. The van der Waals surface area contributed by atoms with E-state index in [0.29, 0.717) is 6.42 Å². The second kappa shape index (κ2) is 3.82. The molecule has 2 nitrogen and oxygen atoms in total. The molecule has 0 spiro atoms. The average molecular weight is 189 g/mol. The second-order valence-electron chi connectivity index (χ2n) is 3.70. The summed E-state index contributed by atoms with van der Waals surface area (Å²) in [5.74, 6) is 0.102. The third-order valence-electron chi connectivity index (χ3n) is 2.74. The molecule has 0 heterocycles. The number of carbonyl (C=O) groups excluding carboxylic acids is 1. The van der Waals surface area contributed by atoms with Gasteiger partial charge in [-0.2, -0.15) is 0 Å². The van der Waals surface area contributed by atoms with Gasteiger partial charge < -0.3 is 5.32 Å². The molecule has 0 unspecified atom stereocenters. The first-order chi connectivity index (χ1) is 6.81. The molecule has 0 saturated carbocycles. The molecule has 0 aliphatic heterocycles. The highest BCUT2D eigenvalue weighted by Crippen LogP contribution is 2.28. The fourth-order valence-electron chi connectivity index (χ4n) is 1.98. The van der Waals surface area contributed by atoms with Gasteiger partial charge >= 0.3 is 0 Å². The van der Waals surface area contributed by atoms with E-state index in [2.05, 4.69) is 11.4 Å². The summed E-state index contributed by atoms with van der Waals surface area (Å²) in [6.45, 7) is 1.87. The maximum atomic E-state index is 11.3. The summed E-state index contributed by atoms with van der Waals surface area (Å²) in [4.78, 5) is 11.3. The molecule has 0 radical (unpaired) electrons. The molecule has 14 heavy (non-hydrogen) atoms. The number of nitrogens with one attached hydrogen (secondary N) is 1. The van der Waals surface area contributed by atoms with E-state index in [4.69, 9.17) is 0 Å². The summed E-state index contributed by atoms with van der Waals surface area (Å²) in [7, 11) is 0. The van der Waals surface area contributed by atoms with Crippen molar-refractivity contribution in [3.05, 3.63) is 29.3 Å². The Kier molecular flexibility index (Phi) is 2.53. The highest BCUT2D eigenvalue weighted by molar-refractivity contribution is 5.91. The molecule has 1 aliphatic rings. The minimum absolute atomic E-state index is 0.102. The van der Waals surface area contributed by atoms with Crippen molar-refractivity contribution in [1.29, 1.82) is 0 Å². The topological polar surface area (TPSA) is 29.1 Å². The van der Waals surface area contributed by atoms with E-state index >= 15 is 0 Å². The Morgan fingerprint density at radius 2 is 2.29 bits per heavy atom. The Hall–Kier alpha value is -1.31. The molecule has 0 atom stereocenters. The van der Waals surface area contributed by atoms with Crippen molar-refractivity contribution in [2.75, 3.05) is 5.32 Å². The molecular weight excluding hydrogens is 174 g/mol. The Morgan fingerprint density at radius 1 is 1.43 bits per heavy atom. The lowest BCUT2D eigenvalue weighted by Crippen LogP contribution is -2.11. The molecule has 1 N–H and O–H groups in total. The summed E-state index contributed by atoms with van der Waals surface area (Å²) < 4.78 is 0. The van der Waals surface area contributed by atoms with Gasteiger partial charge in [0.25, 0.3) is 0 Å². The van der Waals surface area contributed by atoms with E-state index in [1.807, 2.05) is 19.1 Å². The lowest BCUT2D eigenvalue weighted by Gasteiger charge is -2.08. The number of amides is 1. The van der Waals surface area contributed by atoms with Crippen LogP contribution in [0, 0.1) is 0 Å². The van der Waals surface area contributed by atoms with Gasteiger partial charge in [-0.05, 0) is 36.5 Å². The van der Waals surface area contributed by atoms with Gasteiger partial charge in [0, 0.05) is 12.1 Å². The van der Waals surface area contributed by atoms with Gasteiger partial charge in [0.15, 0.2) is 0 Å². The quantitative estimate of drug-likeness (QED) is 0.761. The summed E-state index contributed by atoms with van der Waals surface area (Å²) in [6, 6.07) is 6.18. The first kappa shape index (κ1) is 9.25. The molecule has 0 fully saturated rings. The first-order valence-corrected chi connectivity index (χ1v) is 5.22.